The molecule has 4 heteroatoms. The molecule has 0 saturated heterocycles. The molecule has 2 nitrogen and oxygen atoms in total. The van der Waals surface area contributed by atoms with E-state index in [0.29, 0.717) is 6.54 Å². The average Bonchev–Trinajstić information content (AvgIpc) is 2.79. The molecule has 0 spiro atoms. The summed E-state index contributed by atoms with van der Waals surface area (Å²) < 4.78 is 0. The van der Waals surface area contributed by atoms with E-state index < -0.39 is 5.51 Å². The summed E-state index contributed by atoms with van der Waals surface area (Å²) in [5.41, 5.74) is 2.52. The van der Waals surface area contributed by atoms with Gasteiger partial charge in [0.25, 0.3) is 0 Å². The Morgan fingerprint density at radius 1 is 0.862 bits per heavy atom. The van der Waals surface area contributed by atoms with Crippen LogP contribution in [0.1, 0.15) is 22.5 Å². The van der Waals surface area contributed by atoms with E-state index in [-0.39, 0.29) is 5.78 Å². The molecular weight excluding hydrogens is 438 g/mol. The second-order valence-corrected chi connectivity index (χ2v) is 15.0. The molecule has 0 bridgehead atoms. The van der Waals surface area contributed by atoms with E-state index in [1.165, 1.54) is 16.7 Å². The first-order valence-electron chi connectivity index (χ1n) is 9.94. The minimum absolute atomic E-state index is 0.231. The number of terminal acetylenes is 1. The van der Waals surface area contributed by atoms with Crippen molar-refractivity contribution in [2.45, 2.75) is 18.6 Å². The molecule has 0 aliphatic carbocycles. The molecular formula is C25H27N2PSe. The number of aromatic nitrogens is 1. The molecule has 0 radical (unpaired) electrons. The van der Waals surface area contributed by atoms with Crippen LogP contribution in [0.15, 0.2) is 85.2 Å². The fourth-order valence-electron chi connectivity index (χ4n) is 3.55. The van der Waals surface area contributed by atoms with Crippen molar-refractivity contribution in [1.29, 1.82) is 0 Å². The molecule has 1 atom stereocenters. The van der Waals surface area contributed by atoms with Crippen molar-refractivity contribution in [3.63, 3.8) is 0 Å². The Balaban J connectivity index is 1.87. The second kappa shape index (κ2) is 11.3. The Bertz CT molecular complexity index is 905. The van der Waals surface area contributed by atoms with Gasteiger partial charge in [-0.1, -0.05) is 0 Å². The molecule has 148 valence electrons. The van der Waals surface area contributed by atoms with Crippen LogP contribution in [0, 0.1) is 12.3 Å². The molecule has 1 unspecified atom stereocenters. The molecule has 3 rings (SSSR count). The summed E-state index contributed by atoms with van der Waals surface area (Å²) in [6, 6.07) is 25.8. The van der Waals surface area contributed by atoms with Gasteiger partial charge >= 0.3 is 183 Å². The summed E-state index contributed by atoms with van der Waals surface area (Å²) in [6.45, 7) is 0.563. The van der Waals surface area contributed by atoms with Crippen LogP contribution in [-0.4, -0.2) is 39.0 Å². The third-order valence-corrected chi connectivity index (χ3v) is 12.1. The molecule has 2 aromatic carbocycles. The molecule has 1 N–H and O–H groups in total. The number of aryl methyl sites for hydroxylation is 2. The summed E-state index contributed by atoms with van der Waals surface area (Å²) in [5, 5.41) is 3.65. The molecule has 0 saturated carbocycles. The fourth-order valence-corrected chi connectivity index (χ4v) is 9.09. The number of nitrogens with one attached hydrogen (secondary N) is 1. The third kappa shape index (κ3) is 6.53. The van der Waals surface area contributed by atoms with Gasteiger partial charge in [-0.2, -0.15) is 0 Å². The summed E-state index contributed by atoms with van der Waals surface area (Å²) in [6.07, 6.45) is 13.7. The van der Waals surface area contributed by atoms with Crippen molar-refractivity contribution in [3.05, 3.63) is 102 Å². The van der Waals surface area contributed by atoms with Gasteiger partial charge < -0.3 is 0 Å². The molecule has 0 aliphatic heterocycles. The Kier molecular flexibility index (Phi) is 8.48. The van der Waals surface area contributed by atoms with E-state index in [1.54, 1.807) is 0 Å². The van der Waals surface area contributed by atoms with Crippen LogP contribution in [-0.2, 0) is 12.8 Å². The predicted molar refractivity (Wildman–Crippen MR) is 127 cm³/mol. The summed E-state index contributed by atoms with van der Waals surface area (Å²) in [5.74, 6) is 3.00. The van der Waals surface area contributed by atoms with Gasteiger partial charge in [-0.3, -0.25) is 0 Å². The second-order valence-electron chi connectivity index (χ2n) is 7.14. The number of hydrogen-bond acceptors (Lipinski definition) is 2. The predicted octanol–water partition coefficient (Wildman–Crippen LogP) is 4.89. The van der Waals surface area contributed by atoms with Gasteiger partial charge in [0.2, 0.25) is 0 Å². The van der Waals surface area contributed by atoms with Crippen molar-refractivity contribution >= 4 is 20.6 Å². The minimum atomic E-state index is -1.52. The quantitative estimate of drug-likeness (QED) is 0.262. The van der Waals surface area contributed by atoms with Crippen LogP contribution in [0.4, 0.5) is 0 Å². The Morgan fingerprint density at radius 2 is 1.38 bits per heavy atom. The van der Waals surface area contributed by atoms with Crippen LogP contribution in [0.2, 0.25) is 0 Å². The van der Waals surface area contributed by atoms with E-state index in [4.69, 9.17) is 6.42 Å². The Morgan fingerprint density at radius 3 is 1.86 bits per heavy atom. The maximum absolute atomic E-state index is 5.61. The van der Waals surface area contributed by atoms with E-state index >= 15 is 0 Å². The van der Waals surface area contributed by atoms with Crippen LogP contribution < -0.4 is 5.32 Å². The Labute approximate surface area is 182 Å². The first-order chi connectivity index (χ1) is 14.2. The fraction of sp³-hybridized carbons (Fsp3) is 0.240. The molecule has 1 heterocycles. The zero-order valence-electron chi connectivity index (χ0n) is 16.6. The van der Waals surface area contributed by atoms with E-state index in [1.807, 2.05) is 12.4 Å². The van der Waals surface area contributed by atoms with Crippen molar-refractivity contribution < 1.29 is 0 Å². The van der Waals surface area contributed by atoms with Crippen molar-refractivity contribution in [2.75, 3.05) is 18.9 Å². The molecule has 1 aromatic heterocycles. The topological polar surface area (TPSA) is 24.9 Å². The zero-order chi connectivity index (χ0) is 20.4. The maximum atomic E-state index is 5.61. The van der Waals surface area contributed by atoms with E-state index in [2.05, 4.69) is 104 Å². The van der Waals surface area contributed by atoms with Gasteiger partial charge in [-0.15, -0.1) is 0 Å². The first kappa shape index (κ1) is 21.8. The van der Waals surface area contributed by atoms with Crippen LogP contribution >= 0.6 is 5.51 Å². The van der Waals surface area contributed by atoms with E-state index in [9.17, 15) is 0 Å². The Hall–Kier alpha value is -1.94. The van der Waals surface area contributed by atoms with Crippen molar-refractivity contribution in [2.24, 2.45) is 0 Å². The number of rotatable bonds is 10. The SMILES string of the molecule is C#CCNC(c1ccncc1)P(=[Se])(CCc1ccccc1)CCc1ccccc1. The monoisotopic (exact) mass is 466 g/mol. The van der Waals surface area contributed by atoms with E-state index in [0.717, 1.165) is 25.2 Å². The number of pyridine rings is 1. The van der Waals surface area contributed by atoms with Crippen LogP contribution in [0.5, 0.6) is 0 Å². The van der Waals surface area contributed by atoms with Crippen molar-refractivity contribution in [3.8, 4) is 12.3 Å². The molecule has 0 amide bonds. The number of hydrogen-bond donors (Lipinski definition) is 1. The zero-order valence-corrected chi connectivity index (χ0v) is 19.2. The molecule has 3 aromatic rings. The van der Waals surface area contributed by atoms with Gasteiger partial charge in [0.15, 0.2) is 0 Å². The molecule has 0 fully saturated rings. The van der Waals surface area contributed by atoms with Crippen LogP contribution in [0.3, 0.4) is 0 Å². The standard InChI is InChI=1S/C25H27N2PSe/c1-2-17-27-25(24-13-18-26-19-14-24)28(29,20-15-22-9-5-3-6-10-22)21-16-23-11-7-4-8-12-23/h1,3-14,18-19,25,27H,15-17,20-21H2. The summed E-state index contributed by atoms with van der Waals surface area (Å²) in [4.78, 5) is 4.21. The van der Waals surface area contributed by atoms with Gasteiger partial charge in [-0.05, 0) is 0 Å². The molecule has 29 heavy (non-hydrogen) atoms. The van der Waals surface area contributed by atoms with Gasteiger partial charge in [-0.25, -0.2) is 0 Å². The van der Waals surface area contributed by atoms with Gasteiger partial charge in [0, 0.05) is 0 Å². The first-order valence-corrected chi connectivity index (χ1v) is 14.4. The summed E-state index contributed by atoms with van der Waals surface area (Å²) in [7, 11) is 0. The van der Waals surface area contributed by atoms with Crippen molar-refractivity contribution in [1.82, 2.24) is 10.3 Å². The van der Waals surface area contributed by atoms with Crippen LogP contribution in [0.25, 0.3) is 0 Å². The van der Waals surface area contributed by atoms with Gasteiger partial charge in [0.1, 0.15) is 0 Å². The molecule has 0 aliphatic rings. The van der Waals surface area contributed by atoms with Gasteiger partial charge in [0.05, 0.1) is 0 Å². The summed E-state index contributed by atoms with van der Waals surface area (Å²) >= 11 is 3.70. The average molecular weight is 465 g/mol. The number of nitrogens with zero attached hydrogens (tertiary/aromatic N) is 1. The number of benzene rings is 2. The third-order valence-electron chi connectivity index (χ3n) is 5.13. The normalized spacial score (nSPS) is 12.2.